The first-order chi connectivity index (χ1) is 9.00. The molecule has 0 radical (unpaired) electrons. The van der Waals surface area contributed by atoms with E-state index < -0.39 is 10.8 Å². The largest absolute Gasteiger partial charge is 0.505 e. The molecule has 2 aromatic rings. The number of carbonyl (C=O) groups is 1. The number of nitrogens with one attached hydrogen (secondary N) is 1. The van der Waals surface area contributed by atoms with Gasteiger partial charge in [0.25, 0.3) is 11.6 Å². The van der Waals surface area contributed by atoms with Crippen molar-refractivity contribution < 1.29 is 14.8 Å². The number of anilines is 1. The first-order valence-corrected chi connectivity index (χ1v) is 5.26. The number of phenolic OH excluding ortho intramolecular Hbond substituents is 1. The van der Waals surface area contributed by atoms with E-state index in [0.29, 0.717) is 0 Å². The molecule has 1 amide bonds. The molecule has 0 saturated carbocycles. The van der Waals surface area contributed by atoms with Gasteiger partial charge in [-0.05, 0) is 12.1 Å². The van der Waals surface area contributed by atoms with Crippen molar-refractivity contribution in [2.45, 2.75) is 0 Å². The van der Waals surface area contributed by atoms with Crippen molar-refractivity contribution in [2.75, 3.05) is 5.32 Å². The highest BCUT2D eigenvalue weighted by Gasteiger charge is 2.21. The summed E-state index contributed by atoms with van der Waals surface area (Å²) in [6.07, 6.45) is 1.42. The number of hydrogen-bond donors (Lipinski definition) is 2. The first-order valence-electron chi connectivity index (χ1n) is 5.26. The average molecular weight is 262 g/mol. The van der Waals surface area contributed by atoms with Crippen molar-refractivity contribution in [3.8, 4) is 5.75 Å². The maximum Gasteiger partial charge on any atom is 0.296 e. The normalized spacial score (nSPS) is 10.2. The molecular formula is C11H10N4O4. The molecule has 2 N–H and O–H groups in total. The number of nitro groups is 1. The Morgan fingerprint density at radius 1 is 1.47 bits per heavy atom. The van der Waals surface area contributed by atoms with Crippen LogP contribution in [0.1, 0.15) is 10.5 Å². The summed E-state index contributed by atoms with van der Waals surface area (Å²) in [5.74, 6) is -0.964. The molecule has 0 aliphatic heterocycles. The smallest absolute Gasteiger partial charge is 0.296 e. The molecule has 19 heavy (non-hydrogen) atoms. The summed E-state index contributed by atoms with van der Waals surface area (Å²) in [5.41, 5.74) is -0.397. The zero-order valence-electron chi connectivity index (χ0n) is 9.90. The van der Waals surface area contributed by atoms with Gasteiger partial charge in [0.1, 0.15) is 11.4 Å². The molecule has 0 aliphatic rings. The van der Waals surface area contributed by atoms with E-state index in [1.165, 1.54) is 35.1 Å². The van der Waals surface area contributed by atoms with E-state index in [2.05, 4.69) is 10.4 Å². The predicted molar refractivity (Wildman–Crippen MR) is 65.9 cm³/mol. The molecule has 0 unspecified atom stereocenters. The molecule has 0 spiro atoms. The number of rotatable bonds is 3. The van der Waals surface area contributed by atoms with Crippen LogP contribution < -0.4 is 5.32 Å². The van der Waals surface area contributed by atoms with Crippen LogP contribution in [0.5, 0.6) is 5.75 Å². The monoisotopic (exact) mass is 262 g/mol. The van der Waals surface area contributed by atoms with Gasteiger partial charge in [0.05, 0.1) is 4.92 Å². The number of carbonyl (C=O) groups excluding carboxylic acids is 1. The second-order valence-corrected chi connectivity index (χ2v) is 3.72. The quantitative estimate of drug-likeness (QED) is 0.492. The minimum absolute atomic E-state index is 0.220. The Balaban J connectivity index is 2.36. The zero-order valence-corrected chi connectivity index (χ0v) is 9.90. The second-order valence-electron chi connectivity index (χ2n) is 3.72. The number of hydrogen-bond acceptors (Lipinski definition) is 5. The van der Waals surface area contributed by atoms with Gasteiger partial charge < -0.3 is 10.4 Å². The molecule has 0 bridgehead atoms. The van der Waals surface area contributed by atoms with E-state index in [-0.39, 0.29) is 22.8 Å². The minimum Gasteiger partial charge on any atom is -0.505 e. The standard InChI is InChI=1S/C11H10N4O4/c1-14-8(5-6-12-14)11(17)13-10-7(15(18)19)3-2-4-9(10)16/h2-6,16H,1H3,(H,13,17). The number of aromatic nitrogens is 2. The maximum absolute atomic E-state index is 11.9. The summed E-state index contributed by atoms with van der Waals surface area (Å²) in [6, 6.07) is 5.23. The molecule has 0 fully saturated rings. The Labute approximate surface area is 107 Å². The van der Waals surface area contributed by atoms with E-state index in [0.717, 1.165) is 0 Å². The highest BCUT2D eigenvalue weighted by Crippen LogP contribution is 2.33. The van der Waals surface area contributed by atoms with Gasteiger partial charge in [0, 0.05) is 19.3 Å². The third-order valence-corrected chi connectivity index (χ3v) is 2.51. The number of aromatic hydroxyl groups is 1. The van der Waals surface area contributed by atoms with E-state index >= 15 is 0 Å². The van der Waals surface area contributed by atoms with Gasteiger partial charge >= 0.3 is 0 Å². The number of nitrogens with zero attached hydrogens (tertiary/aromatic N) is 3. The van der Waals surface area contributed by atoms with E-state index in [1.807, 2.05) is 0 Å². The lowest BCUT2D eigenvalue weighted by Gasteiger charge is -2.07. The highest BCUT2D eigenvalue weighted by atomic mass is 16.6. The van der Waals surface area contributed by atoms with Crippen LogP contribution in [0.2, 0.25) is 0 Å². The van der Waals surface area contributed by atoms with Crippen molar-refractivity contribution >= 4 is 17.3 Å². The number of para-hydroxylation sites is 1. The van der Waals surface area contributed by atoms with Crippen LogP contribution in [0.15, 0.2) is 30.5 Å². The number of phenols is 1. The van der Waals surface area contributed by atoms with Gasteiger partial charge in [0.2, 0.25) is 0 Å². The molecule has 8 heteroatoms. The number of aryl methyl sites for hydroxylation is 1. The van der Waals surface area contributed by atoms with Crippen LogP contribution in [-0.4, -0.2) is 25.7 Å². The molecule has 8 nitrogen and oxygen atoms in total. The Morgan fingerprint density at radius 2 is 2.21 bits per heavy atom. The van der Waals surface area contributed by atoms with E-state index in [9.17, 15) is 20.0 Å². The lowest BCUT2D eigenvalue weighted by atomic mass is 10.2. The van der Waals surface area contributed by atoms with E-state index in [4.69, 9.17) is 0 Å². The van der Waals surface area contributed by atoms with Gasteiger partial charge in [-0.2, -0.15) is 5.10 Å². The summed E-state index contributed by atoms with van der Waals surface area (Å²) in [4.78, 5) is 22.1. The number of benzene rings is 1. The summed E-state index contributed by atoms with van der Waals surface area (Å²) in [6.45, 7) is 0. The van der Waals surface area contributed by atoms with Crippen molar-refractivity contribution in [3.63, 3.8) is 0 Å². The van der Waals surface area contributed by atoms with Crippen LogP contribution in [0, 0.1) is 10.1 Å². The average Bonchev–Trinajstić information content (AvgIpc) is 2.77. The SMILES string of the molecule is Cn1nccc1C(=O)Nc1c(O)cccc1[N+](=O)[O-]. The topological polar surface area (TPSA) is 110 Å². The van der Waals surface area contributed by atoms with Crippen LogP contribution in [0.25, 0.3) is 0 Å². The fourth-order valence-corrected chi connectivity index (χ4v) is 1.58. The summed E-state index contributed by atoms with van der Waals surface area (Å²) >= 11 is 0. The molecule has 98 valence electrons. The minimum atomic E-state index is -0.682. The van der Waals surface area contributed by atoms with Crippen LogP contribution in [-0.2, 0) is 7.05 Å². The summed E-state index contributed by atoms with van der Waals surface area (Å²) in [7, 11) is 1.56. The molecule has 1 heterocycles. The fourth-order valence-electron chi connectivity index (χ4n) is 1.58. The lowest BCUT2D eigenvalue weighted by molar-refractivity contribution is -0.384. The Morgan fingerprint density at radius 3 is 2.79 bits per heavy atom. The van der Waals surface area contributed by atoms with Crippen molar-refractivity contribution in [2.24, 2.45) is 7.05 Å². The summed E-state index contributed by atoms with van der Waals surface area (Å²) < 4.78 is 1.32. The predicted octanol–water partition coefficient (Wildman–Crippen LogP) is 1.29. The Bertz CT molecular complexity index is 650. The van der Waals surface area contributed by atoms with Gasteiger partial charge in [-0.25, -0.2) is 0 Å². The molecule has 0 saturated heterocycles. The lowest BCUT2D eigenvalue weighted by Crippen LogP contribution is -2.17. The Kier molecular flexibility index (Phi) is 3.15. The molecule has 0 atom stereocenters. The molecule has 1 aromatic heterocycles. The maximum atomic E-state index is 11.9. The van der Waals surface area contributed by atoms with Crippen molar-refractivity contribution in [3.05, 3.63) is 46.3 Å². The third kappa shape index (κ3) is 2.37. The van der Waals surface area contributed by atoms with Crippen molar-refractivity contribution in [1.82, 2.24) is 9.78 Å². The van der Waals surface area contributed by atoms with Gasteiger partial charge in [0.15, 0.2) is 5.69 Å². The zero-order chi connectivity index (χ0) is 14.0. The molecular weight excluding hydrogens is 252 g/mol. The second kappa shape index (κ2) is 4.77. The number of nitro benzene ring substituents is 1. The van der Waals surface area contributed by atoms with Crippen LogP contribution in [0.3, 0.4) is 0 Å². The molecule has 2 rings (SSSR count). The van der Waals surface area contributed by atoms with Crippen LogP contribution in [0.4, 0.5) is 11.4 Å². The van der Waals surface area contributed by atoms with Gasteiger partial charge in [-0.3, -0.25) is 19.6 Å². The highest BCUT2D eigenvalue weighted by molar-refractivity contribution is 6.05. The fraction of sp³-hybridized carbons (Fsp3) is 0.0909. The Hall–Kier alpha value is -2.90. The van der Waals surface area contributed by atoms with Gasteiger partial charge in [-0.1, -0.05) is 6.07 Å². The first kappa shape index (κ1) is 12.6. The van der Waals surface area contributed by atoms with Crippen molar-refractivity contribution in [1.29, 1.82) is 0 Å². The summed E-state index contributed by atoms with van der Waals surface area (Å²) in [5, 5.41) is 26.6. The van der Waals surface area contributed by atoms with Crippen LogP contribution >= 0.6 is 0 Å². The van der Waals surface area contributed by atoms with E-state index in [1.54, 1.807) is 7.05 Å². The number of amides is 1. The molecule has 1 aromatic carbocycles. The molecule has 0 aliphatic carbocycles. The van der Waals surface area contributed by atoms with Gasteiger partial charge in [-0.15, -0.1) is 0 Å². The third-order valence-electron chi connectivity index (χ3n) is 2.51.